The van der Waals surface area contributed by atoms with Crippen LogP contribution in [0.25, 0.3) is 0 Å². The number of anilines is 1. The zero-order valence-corrected chi connectivity index (χ0v) is 20.1. The second-order valence-electron chi connectivity index (χ2n) is 6.71. The topological polar surface area (TPSA) is 72.9 Å². The van der Waals surface area contributed by atoms with E-state index in [9.17, 15) is 4.79 Å². The zero-order chi connectivity index (χ0) is 20.5. The SMILES string of the molecule is CCNC(=NCc1ccccn1)NCC(=O)N1CCN(c2ccc(Cl)cc2)CC1.I. The zero-order valence-electron chi connectivity index (χ0n) is 17.1. The molecule has 1 amide bonds. The van der Waals surface area contributed by atoms with Crippen molar-refractivity contribution >= 4 is 53.1 Å². The molecular formula is C21H28ClIN6O. The quantitative estimate of drug-likeness (QED) is 0.334. The summed E-state index contributed by atoms with van der Waals surface area (Å²) in [6.45, 7) is 6.41. The van der Waals surface area contributed by atoms with Gasteiger partial charge in [0, 0.05) is 49.6 Å². The largest absolute Gasteiger partial charge is 0.368 e. The van der Waals surface area contributed by atoms with Crippen molar-refractivity contribution in [2.75, 3.05) is 44.2 Å². The normalized spacial score (nSPS) is 14.1. The van der Waals surface area contributed by atoms with Gasteiger partial charge in [0.05, 0.1) is 18.8 Å². The summed E-state index contributed by atoms with van der Waals surface area (Å²) in [4.78, 5) is 25.5. The number of carbonyl (C=O) groups excluding carboxylic acids is 1. The minimum Gasteiger partial charge on any atom is -0.368 e. The Bertz CT molecular complexity index is 810. The Labute approximate surface area is 199 Å². The van der Waals surface area contributed by atoms with E-state index in [4.69, 9.17) is 11.6 Å². The number of nitrogens with zero attached hydrogens (tertiary/aromatic N) is 4. The van der Waals surface area contributed by atoms with Gasteiger partial charge in [-0.2, -0.15) is 0 Å². The Balaban J connectivity index is 0.00000320. The van der Waals surface area contributed by atoms with Crippen molar-refractivity contribution in [1.82, 2.24) is 20.5 Å². The number of piperazine rings is 1. The summed E-state index contributed by atoms with van der Waals surface area (Å²) < 4.78 is 0. The summed E-state index contributed by atoms with van der Waals surface area (Å²) in [5.41, 5.74) is 2.02. The van der Waals surface area contributed by atoms with E-state index in [-0.39, 0.29) is 36.4 Å². The molecule has 0 bridgehead atoms. The van der Waals surface area contributed by atoms with Crippen LogP contribution in [0.4, 0.5) is 5.69 Å². The maximum Gasteiger partial charge on any atom is 0.242 e. The van der Waals surface area contributed by atoms with E-state index in [2.05, 4.69) is 25.5 Å². The standard InChI is InChI=1S/C21H27ClN6O.HI/c1-2-23-21(25-15-18-5-3-4-10-24-18)26-16-20(29)28-13-11-27(12-14-28)19-8-6-17(22)7-9-19;/h3-10H,2,11-16H2,1H3,(H2,23,25,26);1H. The van der Waals surface area contributed by atoms with Gasteiger partial charge in [0.15, 0.2) is 5.96 Å². The molecule has 2 N–H and O–H groups in total. The van der Waals surface area contributed by atoms with E-state index < -0.39 is 0 Å². The van der Waals surface area contributed by atoms with Crippen LogP contribution in [0.5, 0.6) is 0 Å². The van der Waals surface area contributed by atoms with Crippen LogP contribution in [0.1, 0.15) is 12.6 Å². The summed E-state index contributed by atoms with van der Waals surface area (Å²) in [6, 6.07) is 13.6. The van der Waals surface area contributed by atoms with Gasteiger partial charge in [0.2, 0.25) is 5.91 Å². The van der Waals surface area contributed by atoms with E-state index in [0.717, 1.165) is 36.0 Å². The van der Waals surface area contributed by atoms with Gasteiger partial charge in [0.1, 0.15) is 0 Å². The van der Waals surface area contributed by atoms with Gasteiger partial charge < -0.3 is 20.4 Å². The fourth-order valence-corrected chi connectivity index (χ4v) is 3.26. The number of carbonyl (C=O) groups is 1. The van der Waals surface area contributed by atoms with E-state index in [1.165, 1.54) is 0 Å². The molecule has 162 valence electrons. The maximum absolute atomic E-state index is 12.6. The van der Waals surface area contributed by atoms with Crippen molar-refractivity contribution in [3.63, 3.8) is 0 Å². The predicted molar refractivity (Wildman–Crippen MR) is 133 cm³/mol. The monoisotopic (exact) mass is 542 g/mol. The molecule has 1 aromatic heterocycles. The number of guanidine groups is 1. The van der Waals surface area contributed by atoms with Crippen LogP contribution in [0.2, 0.25) is 5.02 Å². The third-order valence-corrected chi connectivity index (χ3v) is 4.95. The summed E-state index contributed by atoms with van der Waals surface area (Å²) >= 11 is 5.96. The molecule has 3 rings (SSSR count). The van der Waals surface area contributed by atoms with Crippen molar-refractivity contribution in [2.45, 2.75) is 13.5 Å². The molecule has 1 aliphatic rings. The summed E-state index contributed by atoms with van der Waals surface area (Å²) in [7, 11) is 0. The molecule has 0 atom stereocenters. The molecule has 9 heteroatoms. The smallest absolute Gasteiger partial charge is 0.242 e. The van der Waals surface area contributed by atoms with E-state index >= 15 is 0 Å². The molecule has 1 saturated heterocycles. The molecule has 1 aromatic carbocycles. The van der Waals surface area contributed by atoms with Gasteiger partial charge in [0.25, 0.3) is 0 Å². The second-order valence-corrected chi connectivity index (χ2v) is 7.15. The van der Waals surface area contributed by atoms with Crippen molar-refractivity contribution in [3.05, 3.63) is 59.4 Å². The highest BCUT2D eigenvalue weighted by Gasteiger charge is 2.21. The van der Waals surface area contributed by atoms with Crippen LogP contribution in [-0.2, 0) is 11.3 Å². The fourth-order valence-electron chi connectivity index (χ4n) is 3.13. The minimum absolute atomic E-state index is 0. The molecule has 2 aromatic rings. The van der Waals surface area contributed by atoms with Crippen LogP contribution < -0.4 is 15.5 Å². The fraction of sp³-hybridized carbons (Fsp3) is 0.381. The first-order valence-electron chi connectivity index (χ1n) is 9.86. The van der Waals surface area contributed by atoms with Crippen molar-refractivity contribution < 1.29 is 4.79 Å². The number of hydrogen-bond acceptors (Lipinski definition) is 4. The molecule has 0 aliphatic carbocycles. The molecular weight excluding hydrogens is 515 g/mol. The van der Waals surface area contributed by atoms with Gasteiger partial charge in [-0.05, 0) is 43.3 Å². The second kappa shape index (κ2) is 12.6. The Morgan fingerprint density at radius 1 is 1.10 bits per heavy atom. The molecule has 0 spiro atoms. The highest BCUT2D eigenvalue weighted by molar-refractivity contribution is 14.0. The third-order valence-electron chi connectivity index (χ3n) is 4.70. The van der Waals surface area contributed by atoms with Gasteiger partial charge in [-0.15, -0.1) is 24.0 Å². The number of halogens is 2. The van der Waals surface area contributed by atoms with E-state index in [1.54, 1.807) is 6.20 Å². The lowest BCUT2D eigenvalue weighted by Gasteiger charge is -2.36. The Morgan fingerprint density at radius 2 is 1.83 bits per heavy atom. The first-order chi connectivity index (χ1) is 14.2. The van der Waals surface area contributed by atoms with Crippen LogP contribution in [-0.4, -0.2) is 61.0 Å². The lowest BCUT2D eigenvalue weighted by Crippen LogP contribution is -2.52. The summed E-state index contributed by atoms with van der Waals surface area (Å²) in [5.74, 6) is 0.690. The number of nitrogens with one attached hydrogen (secondary N) is 2. The molecule has 1 aliphatic heterocycles. The Kier molecular flexibility index (Phi) is 10.2. The Hall–Kier alpha value is -2.07. The van der Waals surface area contributed by atoms with Crippen LogP contribution in [0.3, 0.4) is 0 Å². The number of aliphatic imine (C=N–C) groups is 1. The first-order valence-corrected chi connectivity index (χ1v) is 10.2. The number of aromatic nitrogens is 1. The first kappa shape index (κ1) is 24.2. The average Bonchev–Trinajstić information content (AvgIpc) is 2.77. The molecule has 7 nitrogen and oxygen atoms in total. The average molecular weight is 543 g/mol. The molecule has 2 heterocycles. The van der Waals surface area contributed by atoms with Gasteiger partial charge in [-0.25, -0.2) is 4.99 Å². The number of benzene rings is 1. The minimum atomic E-state index is 0. The van der Waals surface area contributed by atoms with Gasteiger partial charge in [-0.3, -0.25) is 9.78 Å². The molecule has 1 fully saturated rings. The molecule has 0 radical (unpaired) electrons. The Morgan fingerprint density at radius 3 is 2.47 bits per heavy atom. The number of pyridine rings is 1. The van der Waals surface area contributed by atoms with Gasteiger partial charge >= 0.3 is 0 Å². The highest BCUT2D eigenvalue weighted by atomic mass is 127. The molecule has 0 unspecified atom stereocenters. The predicted octanol–water partition coefficient (Wildman–Crippen LogP) is 2.76. The lowest BCUT2D eigenvalue weighted by atomic mass is 10.2. The van der Waals surface area contributed by atoms with Crippen LogP contribution >= 0.6 is 35.6 Å². The summed E-state index contributed by atoms with van der Waals surface area (Å²) in [6.07, 6.45) is 1.75. The van der Waals surface area contributed by atoms with Crippen LogP contribution in [0, 0.1) is 0 Å². The molecule has 30 heavy (non-hydrogen) atoms. The van der Waals surface area contributed by atoms with Gasteiger partial charge in [-0.1, -0.05) is 17.7 Å². The highest BCUT2D eigenvalue weighted by Crippen LogP contribution is 2.19. The van der Waals surface area contributed by atoms with E-state index in [0.29, 0.717) is 25.6 Å². The number of amides is 1. The van der Waals surface area contributed by atoms with E-state index in [1.807, 2.05) is 54.3 Å². The lowest BCUT2D eigenvalue weighted by molar-refractivity contribution is -0.130. The third kappa shape index (κ3) is 7.32. The van der Waals surface area contributed by atoms with Crippen molar-refractivity contribution in [2.24, 2.45) is 4.99 Å². The van der Waals surface area contributed by atoms with Crippen molar-refractivity contribution in [1.29, 1.82) is 0 Å². The molecule has 0 saturated carbocycles. The number of hydrogen-bond donors (Lipinski definition) is 2. The van der Waals surface area contributed by atoms with Crippen LogP contribution in [0.15, 0.2) is 53.7 Å². The van der Waals surface area contributed by atoms with Crippen molar-refractivity contribution in [3.8, 4) is 0 Å². The number of rotatable bonds is 6. The maximum atomic E-state index is 12.6. The summed E-state index contributed by atoms with van der Waals surface area (Å²) in [5, 5.41) is 7.03.